The summed E-state index contributed by atoms with van der Waals surface area (Å²) in [6.45, 7) is 1.38. The Kier molecular flexibility index (Phi) is 5.06. The molecule has 0 aliphatic carbocycles. The second-order valence-corrected chi connectivity index (χ2v) is 4.69. The van der Waals surface area contributed by atoms with E-state index in [0.717, 1.165) is 18.2 Å². The molecule has 0 spiro atoms. The Balaban J connectivity index is 2.10. The summed E-state index contributed by atoms with van der Waals surface area (Å²) in [6.07, 6.45) is -1.10. The molecule has 0 heterocycles. The van der Waals surface area contributed by atoms with Gasteiger partial charge in [-0.05, 0) is 37.3 Å². The van der Waals surface area contributed by atoms with E-state index in [4.69, 9.17) is 14.7 Å². The minimum atomic E-state index is -1.10. The number of carbonyl (C=O) groups excluding carboxylic acids is 1. The average Bonchev–Trinajstić information content (AvgIpc) is 2.55. The lowest BCUT2D eigenvalue weighted by Gasteiger charge is -2.13. The second kappa shape index (κ2) is 7.19. The minimum Gasteiger partial charge on any atom is -0.479 e. The largest absolute Gasteiger partial charge is 0.479 e. The van der Waals surface area contributed by atoms with Crippen LogP contribution in [-0.2, 0) is 4.79 Å². The number of carbonyl (C=O) groups is 1. The summed E-state index contributed by atoms with van der Waals surface area (Å²) in [5.74, 6) is -1.88. The lowest BCUT2D eigenvalue weighted by molar-refractivity contribution is -0.385. The van der Waals surface area contributed by atoms with Gasteiger partial charge in [0.2, 0.25) is 5.75 Å². The van der Waals surface area contributed by atoms with Crippen LogP contribution in [0.3, 0.4) is 0 Å². The fourth-order valence-corrected chi connectivity index (χ4v) is 1.77. The van der Waals surface area contributed by atoms with Crippen molar-refractivity contribution in [2.75, 3.05) is 0 Å². The zero-order chi connectivity index (χ0) is 17.7. The Hall–Kier alpha value is -3.47. The van der Waals surface area contributed by atoms with Gasteiger partial charge in [0, 0.05) is 12.1 Å². The predicted octanol–water partition coefficient (Wildman–Crippen LogP) is 2.98. The van der Waals surface area contributed by atoms with E-state index in [9.17, 15) is 19.3 Å². The first-order valence-electron chi connectivity index (χ1n) is 6.73. The highest BCUT2D eigenvalue weighted by molar-refractivity contribution is 5.78. The summed E-state index contributed by atoms with van der Waals surface area (Å²) >= 11 is 0. The first-order chi connectivity index (χ1) is 11.4. The zero-order valence-electron chi connectivity index (χ0n) is 12.4. The SMILES string of the molecule is CC(Oc1ccc(C#N)cc1)C(=O)Oc1cc(F)ccc1[N+](=O)[O-]. The van der Waals surface area contributed by atoms with Crippen LogP contribution < -0.4 is 9.47 Å². The molecule has 1 atom stereocenters. The Morgan fingerprint density at radius 1 is 1.29 bits per heavy atom. The Labute approximate surface area is 136 Å². The summed E-state index contributed by atoms with van der Waals surface area (Å²) in [6, 6.07) is 10.5. The molecule has 1 unspecified atom stereocenters. The normalized spacial score (nSPS) is 11.2. The first kappa shape index (κ1) is 16.9. The van der Waals surface area contributed by atoms with E-state index < -0.39 is 34.3 Å². The highest BCUT2D eigenvalue weighted by Gasteiger charge is 2.23. The summed E-state index contributed by atoms with van der Waals surface area (Å²) in [5.41, 5.74) is -0.108. The third-order valence-corrected chi connectivity index (χ3v) is 2.96. The molecule has 0 fully saturated rings. The molecule has 0 aliphatic rings. The monoisotopic (exact) mass is 330 g/mol. The van der Waals surface area contributed by atoms with Crippen LogP contribution in [-0.4, -0.2) is 17.0 Å². The summed E-state index contributed by atoms with van der Waals surface area (Å²) < 4.78 is 23.4. The van der Waals surface area contributed by atoms with Crippen molar-refractivity contribution >= 4 is 11.7 Å². The van der Waals surface area contributed by atoms with Crippen molar-refractivity contribution in [2.24, 2.45) is 0 Å². The van der Waals surface area contributed by atoms with Crippen molar-refractivity contribution in [3.63, 3.8) is 0 Å². The Bertz CT molecular complexity index is 814. The fourth-order valence-electron chi connectivity index (χ4n) is 1.77. The van der Waals surface area contributed by atoms with Crippen molar-refractivity contribution in [3.05, 3.63) is 64.0 Å². The lowest BCUT2D eigenvalue weighted by Crippen LogP contribution is -2.28. The highest BCUT2D eigenvalue weighted by Crippen LogP contribution is 2.28. The molecule has 0 aliphatic heterocycles. The van der Waals surface area contributed by atoms with Gasteiger partial charge in [-0.1, -0.05) is 0 Å². The van der Waals surface area contributed by atoms with Crippen LogP contribution in [0.15, 0.2) is 42.5 Å². The van der Waals surface area contributed by atoms with Gasteiger partial charge in [-0.25, -0.2) is 9.18 Å². The van der Waals surface area contributed by atoms with E-state index in [-0.39, 0.29) is 0 Å². The van der Waals surface area contributed by atoms with Crippen LogP contribution in [0.5, 0.6) is 11.5 Å². The van der Waals surface area contributed by atoms with Gasteiger partial charge in [0.15, 0.2) is 6.10 Å². The van der Waals surface area contributed by atoms with Gasteiger partial charge in [-0.3, -0.25) is 10.1 Å². The molecule has 2 aromatic rings. The maximum atomic E-state index is 13.2. The molecule has 0 saturated heterocycles. The maximum Gasteiger partial charge on any atom is 0.352 e. The average molecular weight is 330 g/mol. The predicted molar refractivity (Wildman–Crippen MR) is 79.9 cm³/mol. The number of nitro benzene ring substituents is 1. The molecular formula is C16H11FN2O5. The van der Waals surface area contributed by atoms with E-state index in [0.29, 0.717) is 11.3 Å². The molecule has 2 rings (SSSR count). The molecule has 0 N–H and O–H groups in total. The number of halogens is 1. The van der Waals surface area contributed by atoms with E-state index >= 15 is 0 Å². The fraction of sp³-hybridized carbons (Fsp3) is 0.125. The van der Waals surface area contributed by atoms with E-state index in [1.54, 1.807) is 0 Å². The van der Waals surface area contributed by atoms with Gasteiger partial charge in [0.25, 0.3) is 0 Å². The van der Waals surface area contributed by atoms with Gasteiger partial charge >= 0.3 is 11.7 Å². The van der Waals surface area contributed by atoms with E-state index in [2.05, 4.69) is 0 Å². The molecule has 0 amide bonds. The quantitative estimate of drug-likeness (QED) is 0.361. The van der Waals surface area contributed by atoms with Gasteiger partial charge in [0.05, 0.1) is 16.6 Å². The molecule has 0 aromatic heterocycles. The van der Waals surface area contributed by atoms with Crippen LogP contribution in [0.4, 0.5) is 10.1 Å². The zero-order valence-corrected chi connectivity index (χ0v) is 12.4. The molecule has 7 nitrogen and oxygen atoms in total. The number of nitriles is 1. The highest BCUT2D eigenvalue weighted by atomic mass is 19.1. The number of esters is 1. The molecule has 0 radical (unpaired) electrons. The number of benzene rings is 2. The number of ether oxygens (including phenoxy) is 2. The van der Waals surface area contributed by atoms with Crippen molar-refractivity contribution in [1.29, 1.82) is 5.26 Å². The second-order valence-electron chi connectivity index (χ2n) is 4.69. The van der Waals surface area contributed by atoms with Gasteiger partial charge in [-0.15, -0.1) is 0 Å². The van der Waals surface area contributed by atoms with Crippen LogP contribution >= 0.6 is 0 Å². The number of rotatable bonds is 5. The summed E-state index contributed by atoms with van der Waals surface area (Å²) in [5, 5.41) is 19.6. The van der Waals surface area contributed by atoms with Crippen molar-refractivity contribution in [3.8, 4) is 17.6 Å². The molecule has 0 saturated carbocycles. The Morgan fingerprint density at radius 2 is 1.96 bits per heavy atom. The minimum absolute atomic E-state index is 0.312. The number of hydrogen-bond acceptors (Lipinski definition) is 6. The molecule has 24 heavy (non-hydrogen) atoms. The molecule has 122 valence electrons. The third-order valence-electron chi connectivity index (χ3n) is 2.96. The summed E-state index contributed by atoms with van der Waals surface area (Å²) in [4.78, 5) is 22.1. The number of hydrogen-bond donors (Lipinski definition) is 0. The van der Waals surface area contributed by atoms with Crippen LogP contribution in [0, 0.1) is 27.3 Å². The maximum absolute atomic E-state index is 13.2. The molecule has 2 aromatic carbocycles. The van der Waals surface area contributed by atoms with Crippen molar-refractivity contribution in [2.45, 2.75) is 13.0 Å². The smallest absolute Gasteiger partial charge is 0.352 e. The number of nitro groups is 1. The van der Waals surface area contributed by atoms with E-state index in [1.165, 1.54) is 31.2 Å². The Morgan fingerprint density at radius 3 is 2.54 bits per heavy atom. The van der Waals surface area contributed by atoms with Gasteiger partial charge in [-0.2, -0.15) is 5.26 Å². The van der Waals surface area contributed by atoms with Gasteiger partial charge in [0.1, 0.15) is 11.6 Å². The molecule has 8 heteroatoms. The third kappa shape index (κ3) is 4.04. The van der Waals surface area contributed by atoms with Gasteiger partial charge < -0.3 is 9.47 Å². The lowest BCUT2D eigenvalue weighted by atomic mass is 10.2. The standard InChI is InChI=1S/C16H11FN2O5/c1-10(23-13-5-2-11(9-18)3-6-13)16(20)24-15-8-12(17)4-7-14(15)19(21)22/h2-8,10H,1H3. The van der Waals surface area contributed by atoms with Crippen LogP contribution in [0.1, 0.15) is 12.5 Å². The van der Waals surface area contributed by atoms with Crippen molar-refractivity contribution in [1.82, 2.24) is 0 Å². The van der Waals surface area contributed by atoms with Crippen LogP contribution in [0.25, 0.3) is 0 Å². The number of nitrogens with zero attached hydrogens (tertiary/aromatic N) is 2. The van der Waals surface area contributed by atoms with Crippen LogP contribution in [0.2, 0.25) is 0 Å². The molecular weight excluding hydrogens is 319 g/mol. The summed E-state index contributed by atoms with van der Waals surface area (Å²) in [7, 11) is 0. The van der Waals surface area contributed by atoms with E-state index in [1.807, 2.05) is 6.07 Å². The first-order valence-corrected chi connectivity index (χ1v) is 6.73. The topological polar surface area (TPSA) is 102 Å². The molecule has 0 bridgehead atoms. The van der Waals surface area contributed by atoms with Crippen molar-refractivity contribution < 1.29 is 23.6 Å².